The lowest BCUT2D eigenvalue weighted by molar-refractivity contribution is 0.842. The first-order valence-corrected chi connectivity index (χ1v) is 4.23. The Morgan fingerprint density at radius 2 is 2.06 bits per heavy atom. The van der Waals surface area contributed by atoms with E-state index < -0.39 is 0 Å². The number of hydrogen-bond acceptors (Lipinski definition) is 6. The first-order valence-electron chi connectivity index (χ1n) is 4.23. The lowest BCUT2D eigenvalue weighted by Gasteiger charge is -2.03. The Balaban J connectivity index is 2.58. The third kappa shape index (κ3) is 1.42. The van der Waals surface area contributed by atoms with E-state index in [9.17, 15) is 0 Å². The van der Waals surface area contributed by atoms with Crippen LogP contribution < -0.4 is 5.73 Å². The Hall–Kier alpha value is -2.93. The van der Waals surface area contributed by atoms with E-state index in [1.807, 2.05) is 6.07 Å². The van der Waals surface area contributed by atoms with Crippen molar-refractivity contribution in [3.8, 4) is 18.0 Å². The molecule has 2 aromatic heterocycles. The first-order chi connectivity index (χ1) is 7.76. The Morgan fingerprint density at radius 1 is 1.25 bits per heavy atom. The van der Waals surface area contributed by atoms with Crippen molar-refractivity contribution in [2.75, 3.05) is 5.73 Å². The van der Waals surface area contributed by atoms with Crippen molar-refractivity contribution in [2.24, 2.45) is 0 Å². The zero-order valence-electron chi connectivity index (χ0n) is 7.99. The Bertz CT molecular complexity index is 614. The maximum absolute atomic E-state index is 8.79. The van der Waals surface area contributed by atoms with Gasteiger partial charge in [0, 0.05) is 6.20 Å². The van der Waals surface area contributed by atoms with Crippen LogP contribution >= 0.6 is 0 Å². The maximum Gasteiger partial charge on any atom is 0.252 e. The second kappa shape index (κ2) is 3.67. The normalized spacial score (nSPS) is 9.38. The average Bonchev–Trinajstić information content (AvgIpc) is 2.78. The maximum atomic E-state index is 8.79. The highest BCUT2D eigenvalue weighted by Gasteiger charge is 2.09. The van der Waals surface area contributed by atoms with E-state index in [0.29, 0.717) is 5.56 Å². The molecule has 0 saturated heterocycles. The average molecular weight is 211 g/mol. The molecule has 0 unspecified atom stereocenters. The highest BCUT2D eigenvalue weighted by molar-refractivity contribution is 5.62. The van der Waals surface area contributed by atoms with Crippen LogP contribution in [0.25, 0.3) is 5.82 Å². The number of rotatable bonds is 1. The van der Waals surface area contributed by atoms with E-state index >= 15 is 0 Å². The van der Waals surface area contributed by atoms with E-state index in [-0.39, 0.29) is 17.3 Å². The summed E-state index contributed by atoms with van der Waals surface area (Å²) < 4.78 is 1.26. The largest absolute Gasteiger partial charge is 0.395 e. The van der Waals surface area contributed by atoms with Crippen molar-refractivity contribution in [3.63, 3.8) is 0 Å². The molecule has 0 aliphatic heterocycles. The molecule has 2 heterocycles. The third-order valence-corrected chi connectivity index (χ3v) is 1.90. The monoisotopic (exact) mass is 211 g/mol. The molecule has 0 aliphatic carbocycles. The molecule has 2 rings (SSSR count). The summed E-state index contributed by atoms with van der Waals surface area (Å²) in [6.45, 7) is 0. The highest BCUT2D eigenvalue weighted by atomic mass is 15.4. The fraction of sp³-hybridized carbons (Fsp3) is 0. The van der Waals surface area contributed by atoms with Crippen LogP contribution in [0.2, 0.25) is 0 Å². The summed E-state index contributed by atoms with van der Waals surface area (Å²) in [7, 11) is 0. The van der Waals surface area contributed by atoms with Gasteiger partial charge >= 0.3 is 0 Å². The van der Waals surface area contributed by atoms with E-state index in [1.54, 1.807) is 6.07 Å². The van der Waals surface area contributed by atoms with Crippen LogP contribution in [0.5, 0.6) is 0 Å². The molecule has 0 fully saturated rings. The molecule has 76 valence electrons. The predicted molar refractivity (Wildman–Crippen MR) is 53.0 cm³/mol. The van der Waals surface area contributed by atoms with Crippen molar-refractivity contribution < 1.29 is 0 Å². The zero-order chi connectivity index (χ0) is 11.5. The van der Waals surface area contributed by atoms with Gasteiger partial charge < -0.3 is 5.73 Å². The molecule has 2 N–H and O–H groups in total. The Kier molecular flexibility index (Phi) is 2.21. The highest BCUT2D eigenvalue weighted by Crippen LogP contribution is 2.16. The van der Waals surface area contributed by atoms with Crippen LogP contribution in [0.1, 0.15) is 11.4 Å². The Labute approximate surface area is 90.4 Å². The SMILES string of the molecule is N#Cc1ncn(-c2nccc(C#N)c2N)n1. The number of nitrogens with two attached hydrogens (primary N) is 1. The number of aromatic nitrogens is 4. The zero-order valence-corrected chi connectivity index (χ0v) is 7.99. The number of nitrogens with zero attached hydrogens (tertiary/aromatic N) is 6. The summed E-state index contributed by atoms with van der Waals surface area (Å²) in [5.41, 5.74) is 6.23. The number of anilines is 1. The van der Waals surface area contributed by atoms with Gasteiger partial charge in [-0.1, -0.05) is 0 Å². The van der Waals surface area contributed by atoms with Crippen LogP contribution in [0, 0.1) is 22.7 Å². The number of nitrogen functional groups attached to an aromatic ring is 1. The topological polar surface area (TPSA) is 117 Å². The fourth-order valence-electron chi connectivity index (χ4n) is 1.16. The predicted octanol–water partition coefficient (Wildman–Crippen LogP) is -0.0121. The quantitative estimate of drug-likeness (QED) is 0.708. The Morgan fingerprint density at radius 3 is 2.69 bits per heavy atom. The lowest BCUT2D eigenvalue weighted by Crippen LogP contribution is -2.05. The third-order valence-electron chi connectivity index (χ3n) is 1.90. The molecule has 0 bridgehead atoms. The summed E-state index contributed by atoms with van der Waals surface area (Å²) in [5.74, 6) is 0.302. The van der Waals surface area contributed by atoms with Gasteiger partial charge in [0.1, 0.15) is 18.5 Å². The molecule has 16 heavy (non-hydrogen) atoms. The van der Waals surface area contributed by atoms with Crippen LogP contribution in [-0.4, -0.2) is 19.7 Å². The molecule has 7 heteroatoms. The molecule has 0 amide bonds. The molecular weight excluding hydrogens is 206 g/mol. The van der Waals surface area contributed by atoms with Gasteiger partial charge in [-0.15, -0.1) is 5.10 Å². The minimum absolute atomic E-state index is 0.0172. The fourth-order valence-corrected chi connectivity index (χ4v) is 1.16. The molecule has 0 atom stereocenters. The molecule has 2 aromatic rings. The van der Waals surface area contributed by atoms with Gasteiger partial charge in [-0.05, 0) is 6.07 Å². The van der Waals surface area contributed by atoms with Gasteiger partial charge in [-0.25, -0.2) is 9.97 Å². The summed E-state index contributed by atoms with van der Waals surface area (Å²) in [6.07, 6.45) is 2.76. The molecule has 7 nitrogen and oxygen atoms in total. The number of pyridine rings is 1. The van der Waals surface area contributed by atoms with Gasteiger partial charge in [0.2, 0.25) is 0 Å². The smallest absolute Gasteiger partial charge is 0.252 e. The van der Waals surface area contributed by atoms with Crippen LogP contribution in [-0.2, 0) is 0 Å². The molecule has 0 aromatic carbocycles. The standard InChI is InChI=1S/C9H5N7/c10-3-6-1-2-13-9(8(6)12)16-5-14-7(4-11)15-16/h1-2,5H,12H2. The van der Waals surface area contributed by atoms with Crippen molar-refractivity contribution in [2.45, 2.75) is 0 Å². The van der Waals surface area contributed by atoms with Gasteiger partial charge in [0.15, 0.2) is 5.82 Å². The lowest BCUT2D eigenvalue weighted by atomic mass is 10.2. The van der Waals surface area contributed by atoms with E-state index in [2.05, 4.69) is 15.1 Å². The number of nitriles is 2. The summed E-state index contributed by atoms with van der Waals surface area (Å²) in [4.78, 5) is 7.70. The van der Waals surface area contributed by atoms with Crippen molar-refractivity contribution in [1.29, 1.82) is 10.5 Å². The first kappa shape index (κ1) is 9.62. The van der Waals surface area contributed by atoms with E-state index in [1.165, 1.54) is 23.3 Å². The van der Waals surface area contributed by atoms with E-state index in [4.69, 9.17) is 16.3 Å². The van der Waals surface area contributed by atoms with Gasteiger partial charge in [0.05, 0.1) is 11.3 Å². The summed E-state index contributed by atoms with van der Waals surface area (Å²) >= 11 is 0. The minimum atomic E-state index is 0.0172. The molecule has 0 aliphatic rings. The van der Waals surface area contributed by atoms with Crippen LogP contribution in [0.4, 0.5) is 5.69 Å². The van der Waals surface area contributed by atoms with Crippen molar-refractivity contribution in [1.82, 2.24) is 19.7 Å². The van der Waals surface area contributed by atoms with Gasteiger partial charge in [-0.3, -0.25) is 0 Å². The number of hydrogen-bond donors (Lipinski definition) is 1. The van der Waals surface area contributed by atoms with Crippen molar-refractivity contribution in [3.05, 3.63) is 30.0 Å². The van der Waals surface area contributed by atoms with Crippen molar-refractivity contribution >= 4 is 5.69 Å². The molecular formula is C9H5N7. The summed E-state index contributed by atoms with van der Waals surface area (Å²) in [6, 6.07) is 5.22. The molecule has 0 radical (unpaired) electrons. The van der Waals surface area contributed by atoms with Crippen LogP contribution in [0.3, 0.4) is 0 Å². The minimum Gasteiger partial charge on any atom is -0.395 e. The summed E-state index contributed by atoms with van der Waals surface area (Å²) in [5, 5.41) is 21.2. The second-order valence-corrected chi connectivity index (χ2v) is 2.83. The van der Waals surface area contributed by atoms with Gasteiger partial charge in [-0.2, -0.15) is 15.2 Å². The van der Waals surface area contributed by atoms with Gasteiger partial charge in [0.25, 0.3) is 5.82 Å². The molecule has 0 saturated carbocycles. The second-order valence-electron chi connectivity index (χ2n) is 2.83. The van der Waals surface area contributed by atoms with E-state index in [0.717, 1.165) is 0 Å². The van der Waals surface area contributed by atoms with Crippen LogP contribution in [0.15, 0.2) is 18.6 Å². The molecule has 0 spiro atoms.